The Morgan fingerprint density at radius 3 is 2.94 bits per heavy atom. The number of nitrogens with two attached hydrogens (primary N) is 1. The summed E-state index contributed by atoms with van der Waals surface area (Å²) in [5.41, 5.74) is 6.69. The van der Waals surface area contributed by atoms with Gasteiger partial charge in [-0.25, -0.2) is 4.98 Å². The predicted octanol–water partition coefficient (Wildman–Crippen LogP) is 0.496. The minimum absolute atomic E-state index is 0.0566. The average Bonchev–Trinajstić information content (AvgIpc) is 2.67. The minimum atomic E-state index is -1.32. The second kappa shape index (κ2) is 3.68. The van der Waals surface area contributed by atoms with Crippen molar-refractivity contribution in [1.29, 1.82) is 0 Å². The normalized spacial score (nSPS) is 10.9. The highest BCUT2D eigenvalue weighted by Gasteiger charge is 2.12. The van der Waals surface area contributed by atoms with Gasteiger partial charge in [0.1, 0.15) is 11.5 Å². The fraction of sp³-hybridized carbons (Fsp3) is 0.200. The molecule has 16 heavy (non-hydrogen) atoms. The third-order valence-electron chi connectivity index (χ3n) is 2.35. The number of imidazole rings is 1. The first-order valence-corrected chi connectivity index (χ1v) is 5.09. The van der Waals surface area contributed by atoms with Gasteiger partial charge in [-0.3, -0.25) is 4.40 Å². The molecule has 2 rings (SSSR count). The van der Waals surface area contributed by atoms with E-state index in [4.69, 9.17) is 17.3 Å². The monoisotopic (exact) mass is 238 g/mol. The number of carbonyl (C=O) groups is 1. The van der Waals surface area contributed by atoms with Crippen LogP contribution >= 0.6 is 11.6 Å². The molecule has 0 bridgehead atoms. The first-order valence-electron chi connectivity index (χ1n) is 4.72. The third-order valence-corrected chi connectivity index (χ3v) is 2.66. The summed E-state index contributed by atoms with van der Waals surface area (Å²) in [6.45, 7) is 1.91. The SMILES string of the molecule is CCc1cn2c(N)c(Cl)cc(C(=O)[O-])c2n1. The molecule has 0 saturated heterocycles. The van der Waals surface area contributed by atoms with Crippen LogP contribution in [0.1, 0.15) is 23.0 Å². The molecule has 2 aromatic rings. The number of aryl methyl sites for hydroxylation is 1. The number of aromatic carboxylic acids is 1. The first kappa shape index (κ1) is 10.8. The van der Waals surface area contributed by atoms with Crippen molar-refractivity contribution in [3.63, 3.8) is 0 Å². The highest BCUT2D eigenvalue weighted by atomic mass is 35.5. The molecule has 2 N–H and O–H groups in total. The Kier molecular flexibility index (Phi) is 2.47. The summed E-state index contributed by atoms with van der Waals surface area (Å²) in [5.74, 6) is -1.05. The van der Waals surface area contributed by atoms with Gasteiger partial charge < -0.3 is 15.6 Å². The molecular weight excluding hydrogens is 230 g/mol. The van der Waals surface area contributed by atoms with Crippen LogP contribution in [0.25, 0.3) is 5.65 Å². The number of anilines is 1. The van der Waals surface area contributed by atoms with Gasteiger partial charge in [0.25, 0.3) is 0 Å². The molecule has 0 spiro atoms. The van der Waals surface area contributed by atoms with Crippen LogP contribution in [0.5, 0.6) is 0 Å². The molecular formula is C10H9ClN3O2-. The van der Waals surface area contributed by atoms with Gasteiger partial charge in [-0.2, -0.15) is 0 Å². The van der Waals surface area contributed by atoms with Crippen molar-refractivity contribution in [2.24, 2.45) is 0 Å². The molecule has 0 radical (unpaired) electrons. The summed E-state index contributed by atoms with van der Waals surface area (Å²) < 4.78 is 1.46. The lowest BCUT2D eigenvalue weighted by Gasteiger charge is -2.08. The molecule has 0 aliphatic carbocycles. The second-order valence-electron chi connectivity index (χ2n) is 3.36. The minimum Gasteiger partial charge on any atom is -0.545 e. The van der Waals surface area contributed by atoms with Crippen LogP contribution in [0.15, 0.2) is 12.3 Å². The van der Waals surface area contributed by atoms with E-state index in [9.17, 15) is 9.90 Å². The lowest BCUT2D eigenvalue weighted by Crippen LogP contribution is -2.23. The zero-order chi connectivity index (χ0) is 11.9. The number of carboxylic acids is 1. The van der Waals surface area contributed by atoms with Crippen LogP contribution in [0, 0.1) is 0 Å². The Labute approximate surface area is 96.5 Å². The average molecular weight is 239 g/mol. The van der Waals surface area contributed by atoms with Crippen molar-refractivity contribution in [1.82, 2.24) is 9.38 Å². The Bertz CT molecular complexity index is 577. The van der Waals surface area contributed by atoms with Gasteiger partial charge in [0.05, 0.1) is 16.7 Å². The van der Waals surface area contributed by atoms with E-state index in [0.29, 0.717) is 6.42 Å². The van der Waals surface area contributed by atoms with E-state index in [1.165, 1.54) is 10.5 Å². The molecule has 0 aliphatic heterocycles. The summed E-state index contributed by atoms with van der Waals surface area (Å²) in [6, 6.07) is 1.26. The number of aromatic nitrogens is 2. The van der Waals surface area contributed by atoms with E-state index in [1.54, 1.807) is 6.20 Å². The molecule has 0 atom stereocenters. The zero-order valence-electron chi connectivity index (χ0n) is 8.53. The molecule has 6 heteroatoms. The van der Waals surface area contributed by atoms with E-state index < -0.39 is 5.97 Å². The van der Waals surface area contributed by atoms with Gasteiger partial charge in [-0.15, -0.1) is 0 Å². The molecule has 2 aromatic heterocycles. The highest BCUT2D eigenvalue weighted by molar-refractivity contribution is 6.33. The summed E-state index contributed by atoms with van der Waals surface area (Å²) in [5, 5.41) is 11.1. The Hall–Kier alpha value is -1.75. The number of carbonyl (C=O) groups excluding carboxylic acids is 1. The van der Waals surface area contributed by atoms with Gasteiger partial charge in [0, 0.05) is 11.8 Å². The van der Waals surface area contributed by atoms with Crippen LogP contribution in [0.4, 0.5) is 5.82 Å². The number of hydrogen-bond donors (Lipinski definition) is 1. The maximum atomic E-state index is 10.9. The first-order chi connectivity index (χ1) is 7.54. The molecule has 0 amide bonds. The number of pyridine rings is 1. The Balaban J connectivity index is 2.86. The van der Waals surface area contributed by atoms with Crippen LogP contribution in [-0.4, -0.2) is 15.4 Å². The maximum absolute atomic E-state index is 10.9. The van der Waals surface area contributed by atoms with E-state index in [1.807, 2.05) is 6.92 Å². The number of nitrogens with zero attached hydrogens (tertiary/aromatic N) is 2. The molecule has 2 heterocycles. The summed E-state index contributed by atoms with van der Waals surface area (Å²) in [6.07, 6.45) is 2.36. The van der Waals surface area contributed by atoms with Crippen LogP contribution in [-0.2, 0) is 6.42 Å². The Morgan fingerprint density at radius 2 is 2.38 bits per heavy atom. The van der Waals surface area contributed by atoms with E-state index in [0.717, 1.165) is 5.69 Å². The van der Waals surface area contributed by atoms with Gasteiger partial charge >= 0.3 is 0 Å². The number of hydrogen-bond acceptors (Lipinski definition) is 4. The van der Waals surface area contributed by atoms with Crippen molar-refractivity contribution in [2.45, 2.75) is 13.3 Å². The largest absolute Gasteiger partial charge is 0.545 e. The van der Waals surface area contributed by atoms with Crippen LogP contribution in [0.3, 0.4) is 0 Å². The molecule has 5 nitrogen and oxygen atoms in total. The number of carboxylic acid groups (broad SMARTS) is 1. The lowest BCUT2D eigenvalue weighted by molar-refractivity contribution is -0.254. The quantitative estimate of drug-likeness (QED) is 0.826. The second-order valence-corrected chi connectivity index (χ2v) is 3.77. The number of rotatable bonds is 2. The topological polar surface area (TPSA) is 83.5 Å². The van der Waals surface area contributed by atoms with Crippen LogP contribution < -0.4 is 10.8 Å². The number of nitrogen functional groups attached to an aromatic ring is 1. The maximum Gasteiger partial charge on any atom is 0.147 e. The molecule has 0 aliphatic rings. The number of fused-ring (bicyclic) bond motifs is 1. The molecule has 0 unspecified atom stereocenters. The fourth-order valence-electron chi connectivity index (χ4n) is 1.50. The Morgan fingerprint density at radius 1 is 1.69 bits per heavy atom. The molecule has 0 saturated carbocycles. The van der Waals surface area contributed by atoms with E-state index >= 15 is 0 Å². The third kappa shape index (κ3) is 1.49. The molecule has 0 fully saturated rings. The van der Waals surface area contributed by atoms with Gasteiger partial charge in [-0.05, 0) is 12.5 Å². The zero-order valence-corrected chi connectivity index (χ0v) is 9.28. The smallest absolute Gasteiger partial charge is 0.147 e. The standard InChI is InChI=1S/C10H10ClN3O2/c1-2-5-4-14-8(12)7(11)3-6(10(15)16)9(14)13-5/h3-4H,2,12H2,1H3,(H,15,16)/p-1. The lowest BCUT2D eigenvalue weighted by atomic mass is 10.2. The predicted molar refractivity (Wildman–Crippen MR) is 58.3 cm³/mol. The van der Waals surface area contributed by atoms with Gasteiger partial charge in [0.2, 0.25) is 0 Å². The summed E-state index contributed by atoms with van der Waals surface area (Å²) in [4.78, 5) is 15.1. The van der Waals surface area contributed by atoms with Crippen molar-refractivity contribution in [3.05, 3.63) is 28.5 Å². The number of halogens is 1. The fourth-order valence-corrected chi connectivity index (χ4v) is 1.70. The van der Waals surface area contributed by atoms with Crippen molar-refractivity contribution in [2.75, 3.05) is 5.73 Å². The van der Waals surface area contributed by atoms with Gasteiger partial charge in [-0.1, -0.05) is 18.5 Å². The van der Waals surface area contributed by atoms with Crippen molar-refractivity contribution < 1.29 is 9.90 Å². The van der Waals surface area contributed by atoms with E-state index in [2.05, 4.69) is 4.98 Å². The van der Waals surface area contributed by atoms with E-state index in [-0.39, 0.29) is 22.1 Å². The van der Waals surface area contributed by atoms with Gasteiger partial charge in [0.15, 0.2) is 0 Å². The van der Waals surface area contributed by atoms with Crippen molar-refractivity contribution >= 4 is 29.0 Å². The highest BCUT2D eigenvalue weighted by Crippen LogP contribution is 2.24. The summed E-state index contributed by atoms with van der Waals surface area (Å²) >= 11 is 5.82. The summed E-state index contributed by atoms with van der Waals surface area (Å²) in [7, 11) is 0. The molecule has 84 valence electrons. The van der Waals surface area contributed by atoms with Crippen LogP contribution in [0.2, 0.25) is 5.02 Å². The van der Waals surface area contributed by atoms with Crippen molar-refractivity contribution in [3.8, 4) is 0 Å². The molecule has 0 aromatic carbocycles.